The Kier molecular flexibility index (Phi) is 7.21. The van der Waals surface area contributed by atoms with Crippen molar-refractivity contribution in [2.45, 2.75) is 38.3 Å². The van der Waals surface area contributed by atoms with Gasteiger partial charge in [-0.1, -0.05) is 12.1 Å². The summed E-state index contributed by atoms with van der Waals surface area (Å²) < 4.78 is 16.0. The van der Waals surface area contributed by atoms with Crippen molar-refractivity contribution in [3.8, 4) is 5.75 Å². The highest BCUT2D eigenvalue weighted by atomic mass is 16.5. The average Bonchev–Trinajstić information content (AvgIpc) is 2.60. The van der Waals surface area contributed by atoms with Gasteiger partial charge in [0.05, 0.1) is 25.9 Å². The lowest BCUT2D eigenvalue weighted by atomic mass is 10.0. The molecule has 2 N–H and O–H groups in total. The third-order valence-corrected chi connectivity index (χ3v) is 4.17. The van der Waals surface area contributed by atoms with Crippen molar-refractivity contribution in [2.75, 3.05) is 26.9 Å². The van der Waals surface area contributed by atoms with Crippen LogP contribution in [0.15, 0.2) is 18.2 Å². The van der Waals surface area contributed by atoms with Gasteiger partial charge in [0.2, 0.25) is 5.91 Å². The zero-order valence-corrected chi connectivity index (χ0v) is 14.6. The van der Waals surface area contributed by atoms with E-state index < -0.39 is 5.97 Å². The summed E-state index contributed by atoms with van der Waals surface area (Å²) in [6.45, 7) is 2.42. The van der Waals surface area contributed by atoms with Gasteiger partial charge in [-0.2, -0.15) is 0 Å². The summed E-state index contributed by atoms with van der Waals surface area (Å²) in [4.78, 5) is 22.9. The van der Waals surface area contributed by atoms with E-state index in [0.717, 1.165) is 16.9 Å². The molecule has 0 spiro atoms. The summed E-state index contributed by atoms with van der Waals surface area (Å²) >= 11 is 0. The number of carbonyl (C=O) groups is 2. The number of benzene rings is 1. The fourth-order valence-corrected chi connectivity index (χ4v) is 2.79. The summed E-state index contributed by atoms with van der Waals surface area (Å²) in [6, 6.07) is 5.56. The predicted octanol–water partition coefficient (Wildman–Crippen LogP) is 1.31. The van der Waals surface area contributed by atoms with Crippen LogP contribution in [0.5, 0.6) is 5.75 Å². The van der Waals surface area contributed by atoms with Gasteiger partial charge in [-0.05, 0) is 37.0 Å². The molecule has 1 aliphatic rings. The second kappa shape index (κ2) is 9.39. The van der Waals surface area contributed by atoms with Gasteiger partial charge in [0.25, 0.3) is 0 Å². The van der Waals surface area contributed by atoms with Crippen molar-refractivity contribution in [1.82, 2.24) is 5.32 Å². The smallest absolute Gasteiger partial charge is 0.329 e. The summed E-state index contributed by atoms with van der Waals surface area (Å²) in [7, 11) is 1.62. The number of aliphatic carboxylic acids is 1. The van der Waals surface area contributed by atoms with Gasteiger partial charge in [0, 0.05) is 13.0 Å². The number of hydrogen-bond donors (Lipinski definition) is 2. The van der Waals surface area contributed by atoms with Crippen LogP contribution in [0.25, 0.3) is 0 Å². The van der Waals surface area contributed by atoms with E-state index in [0.29, 0.717) is 32.5 Å². The van der Waals surface area contributed by atoms with Crippen LogP contribution in [0.4, 0.5) is 0 Å². The van der Waals surface area contributed by atoms with Crippen molar-refractivity contribution in [3.63, 3.8) is 0 Å². The molecule has 2 atom stereocenters. The third-order valence-electron chi connectivity index (χ3n) is 4.17. The topological polar surface area (TPSA) is 94.1 Å². The Morgan fingerprint density at radius 3 is 2.92 bits per heavy atom. The Bertz CT molecular complexity index is 603. The van der Waals surface area contributed by atoms with E-state index in [1.807, 2.05) is 25.1 Å². The third kappa shape index (κ3) is 6.03. The molecule has 0 unspecified atom stereocenters. The molecule has 138 valence electrons. The lowest BCUT2D eigenvalue weighted by molar-refractivity contribution is -0.148. The van der Waals surface area contributed by atoms with Crippen molar-refractivity contribution < 1.29 is 28.9 Å². The molecule has 0 saturated carbocycles. The van der Waals surface area contributed by atoms with Crippen LogP contribution in [0.2, 0.25) is 0 Å². The summed E-state index contributed by atoms with van der Waals surface area (Å²) in [6.07, 6.45) is 1.15. The van der Waals surface area contributed by atoms with Gasteiger partial charge in [0.15, 0.2) is 0 Å². The first-order valence-corrected chi connectivity index (χ1v) is 8.33. The number of carboxylic acid groups (broad SMARTS) is 1. The monoisotopic (exact) mass is 351 g/mol. The number of carboxylic acids is 1. The highest BCUT2D eigenvalue weighted by molar-refractivity contribution is 5.76. The SMILES string of the molecule is COc1cc(CCC(=O)N[C@@H]2COCC[C@@H]2OCC(=O)O)ccc1C. The quantitative estimate of drug-likeness (QED) is 0.733. The zero-order valence-electron chi connectivity index (χ0n) is 14.6. The summed E-state index contributed by atoms with van der Waals surface area (Å²) in [5.41, 5.74) is 2.07. The Morgan fingerprint density at radius 1 is 1.40 bits per heavy atom. The number of carbonyl (C=O) groups excluding carboxylic acids is 1. The Hall–Kier alpha value is -2.12. The first-order valence-electron chi connectivity index (χ1n) is 8.33. The van der Waals surface area contributed by atoms with Gasteiger partial charge < -0.3 is 24.6 Å². The number of methoxy groups -OCH3 is 1. The minimum atomic E-state index is -1.02. The number of rotatable bonds is 8. The summed E-state index contributed by atoms with van der Waals surface area (Å²) in [5.74, 6) is -0.329. The molecule has 2 rings (SSSR count). The van der Waals surface area contributed by atoms with Crippen LogP contribution < -0.4 is 10.1 Å². The van der Waals surface area contributed by atoms with Crippen molar-refractivity contribution >= 4 is 11.9 Å². The largest absolute Gasteiger partial charge is 0.496 e. The lowest BCUT2D eigenvalue weighted by Crippen LogP contribution is -2.51. The molecular weight excluding hydrogens is 326 g/mol. The summed E-state index contributed by atoms with van der Waals surface area (Å²) in [5, 5.41) is 11.6. The average molecular weight is 351 g/mol. The van der Waals surface area contributed by atoms with Crippen LogP contribution >= 0.6 is 0 Å². The second-order valence-electron chi connectivity index (χ2n) is 6.08. The molecule has 0 aliphatic carbocycles. The van der Waals surface area contributed by atoms with Gasteiger partial charge in [-0.3, -0.25) is 4.79 Å². The molecule has 0 aromatic heterocycles. The van der Waals surface area contributed by atoms with Crippen LogP contribution in [0, 0.1) is 6.92 Å². The van der Waals surface area contributed by atoms with E-state index >= 15 is 0 Å². The van der Waals surface area contributed by atoms with E-state index in [1.54, 1.807) is 7.11 Å². The number of amides is 1. The van der Waals surface area contributed by atoms with E-state index in [4.69, 9.17) is 19.3 Å². The molecule has 1 aromatic carbocycles. The number of aryl methyl sites for hydroxylation is 2. The molecule has 1 fully saturated rings. The molecular formula is C18H25NO6. The van der Waals surface area contributed by atoms with Crippen LogP contribution in [-0.4, -0.2) is 56.1 Å². The molecule has 25 heavy (non-hydrogen) atoms. The molecule has 1 heterocycles. The Balaban J connectivity index is 1.84. The van der Waals surface area contributed by atoms with Gasteiger partial charge in [0.1, 0.15) is 12.4 Å². The van der Waals surface area contributed by atoms with Crippen LogP contribution in [-0.2, 0) is 25.5 Å². The minimum absolute atomic E-state index is 0.112. The van der Waals surface area contributed by atoms with E-state index in [9.17, 15) is 9.59 Å². The first-order chi connectivity index (χ1) is 12.0. The standard InChI is InChI=1S/C18H25NO6/c1-12-3-4-13(9-16(12)23-2)5-6-17(20)19-14-10-24-8-7-15(14)25-11-18(21)22/h3-4,9,14-15H,5-8,10-11H2,1-2H3,(H,19,20)(H,21,22)/t14-,15+/m1/s1. The van der Waals surface area contributed by atoms with Crippen LogP contribution in [0.3, 0.4) is 0 Å². The van der Waals surface area contributed by atoms with E-state index in [1.165, 1.54) is 0 Å². The molecule has 1 saturated heterocycles. The predicted molar refractivity (Wildman–Crippen MR) is 90.8 cm³/mol. The number of ether oxygens (including phenoxy) is 3. The maximum Gasteiger partial charge on any atom is 0.329 e. The van der Waals surface area contributed by atoms with Crippen LogP contribution in [0.1, 0.15) is 24.0 Å². The maximum absolute atomic E-state index is 12.2. The van der Waals surface area contributed by atoms with Crippen molar-refractivity contribution in [2.24, 2.45) is 0 Å². The first kappa shape index (κ1) is 19.2. The Morgan fingerprint density at radius 2 is 2.20 bits per heavy atom. The highest BCUT2D eigenvalue weighted by Crippen LogP contribution is 2.20. The van der Waals surface area contributed by atoms with Gasteiger partial charge in [-0.25, -0.2) is 4.79 Å². The van der Waals surface area contributed by atoms with E-state index in [2.05, 4.69) is 5.32 Å². The number of nitrogens with one attached hydrogen (secondary N) is 1. The van der Waals surface area contributed by atoms with Crippen molar-refractivity contribution in [3.05, 3.63) is 29.3 Å². The lowest BCUT2D eigenvalue weighted by Gasteiger charge is -2.31. The van der Waals surface area contributed by atoms with E-state index in [-0.39, 0.29) is 24.7 Å². The normalized spacial score (nSPS) is 20.1. The molecule has 7 nitrogen and oxygen atoms in total. The molecule has 0 radical (unpaired) electrons. The number of hydrogen-bond acceptors (Lipinski definition) is 5. The van der Waals surface area contributed by atoms with Gasteiger partial charge in [-0.15, -0.1) is 0 Å². The molecule has 7 heteroatoms. The molecule has 1 amide bonds. The highest BCUT2D eigenvalue weighted by Gasteiger charge is 2.28. The molecule has 1 aliphatic heterocycles. The second-order valence-corrected chi connectivity index (χ2v) is 6.08. The fourth-order valence-electron chi connectivity index (χ4n) is 2.79. The van der Waals surface area contributed by atoms with Crippen molar-refractivity contribution in [1.29, 1.82) is 0 Å². The van der Waals surface area contributed by atoms with Gasteiger partial charge >= 0.3 is 5.97 Å². The maximum atomic E-state index is 12.2. The minimum Gasteiger partial charge on any atom is -0.496 e. The Labute approximate surface area is 147 Å². The fraction of sp³-hybridized carbons (Fsp3) is 0.556. The molecule has 0 bridgehead atoms. The molecule has 1 aromatic rings. The zero-order chi connectivity index (χ0) is 18.2.